The van der Waals surface area contributed by atoms with E-state index in [0.29, 0.717) is 17.5 Å². The number of hydrogen-bond donors (Lipinski definition) is 1. The number of benzene rings is 1. The van der Waals surface area contributed by atoms with Gasteiger partial charge >= 0.3 is 0 Å². The molecule has 1 unspecified atom stereocenters. The molecule has 1 aromatic rings. The van der Waals surface area contributed by atoms with Crippen molar-refractivity contribution in [1.29, 1.82) is 0 Å². The fourth-order valence-electron chi connectivity index (χ4n) is 8.53. The fourth-order valence-corrected chi connectivity index (χ4v) is 8.53. The number of carbonyl (C=O) groups is 1. The van der Waals surface area contributed by atoms with Crippen LogP contribution in [0.4, 0.5) is 5.69 Å². The van der Waals surface area contributed by atoms with Crippen LogP contribution < -0.4 is 10.4 Å². The van der Waals surface area contributed by atoms with Crippen molar-refractivity contribution in [3.05, 3.63) is 42.0 Å². The number of nitrogens with one attached hydrogen (secondary N) is 1. The van der Waals surface area contributed by atoms with Gasteiger partial charge in [0.1, 0.15) is 17.4 Å². The SMILES string of the molecule is CCO[C@@]12Nc3ccccc3[C@@]13CC[N+]14CC=C[C@@](CC)(C[C@@]21C(=O)[O-])[C@@H]34. The second kappa shape index (κ2) is 4.41. The van der Waals surface area contributed by atoms with Crippen LogP contribution >= 0.6 is 0 Å². The van der Waals surface area contributed by atoms with Crippen LogP contribution in [-0.2, 0) is 14.9 Å². The molecular weight excluding hydrogens is 340 g/mol. The van der Waals surface area contributed by atoms with Crippen LogP contribution in [0, 0.1) is 5.41 Å². The van der Waals surface area contributed by atoms with E-state index in [1.54, 1.807) is 0 Å². The maximum atomic E-state index is 13.1. The number of nitrogens with zero attached hydrogens (tertiary/aromatic N) is 1. The van der Waals surface area contributed by atoms with Crippen LogP contribution in [0.15, 0.2) is 36.4 Å². The van der Waals surface area contributed by atoms with Gasteiger partial charge in [-0.05, 0) is 31.1 Å². The first-order valence-electron chi connectivity index (χ1n) is 10.3. The third-order valence-electron chi connectivity index (χ3n) is 8.92. The van der Waals surface area contributed by atoms with E-state index in [0.717, 1.165) is 31.6 Å². The van der Waals surface area contributed by atoms with Gasteiger partial charge in [-0.1, -0.05) is 31.2 Å². The number of quaternary nitrogens is 1. The standard InChI is InChI=1S/C22H26N2O3/c1-3-19-10-7-12-24-13-11-20(17(19)24)15-8-5-6-9-16(15)23-22(20,27-4-2)21(24,14-19)18(25)26/h5-10,17,23H,3-4,11-14H2,1-2H3/t17-,19-,20+,21+,22-,24?/m0/s1. The van der Waals surface area contributed by atoms with E-state index < -0.39 is 17.2 Å². The molecule has 5 nitrogen and oxygen atoms in total. The Morgan fingerprint density at radius 1 is 1.37 bits per heavy atom. The lowest BCUT2D eigenvalue weighted by Crippen LogP contribution is -2.80. The van der Waals surface area contributed by atoms with Crippen molar-refractivity contribution in [3.63, 3.8) is 0 Å². The Morgan fingerprint density at radius 2 is 2.19 bits per heavy atom. The molecule has 0 amide bonds. The number of piperidine rings is 1. The highest BCUT2D eigenvalue weighted by molar-refractivity contribution is 5.85. The fraction of sp³-hybridized carbons (Fsp3) is 0.591. The van der Waals surface area contributed by atoms with Crippen molar-refractivity contribution in [2.24, 2.45) is 5.41 Å². The summed E-state index contributed by atoms with van der Waals surface area (Å²) in [5.41, 5.74) is -0.125. The third kappa shape index (κ3) is 1.21. The highest BCUT2D eigenvalue weighted by Crippen LogP contribution is 2.81. The summed E-state index contributed by atoms with van der Waals surface area (Å²) >= 11 is 0. The summed E-state index contributed by atoms with van der Waals surface area (Å²) in [6.07, 6.45) is 7.08. The molecule has 6 atom stereocenters. The molecule has 5 heteroatoms. The molecule has 0 radical (unpaired) electrons. The molecule has 5 aliphatic heterocycles. The number of carboxylic acid groups (broad SMARTS) is 1. The number of carbonyl (C=O) groups excluding carboxylic acids is 1. The number of para-hydroxylation sites is 1. The molecule has 6 rings (SSSR count). The van der Waals surface area contributed by atoms with E-state index in [4.69, 9.17) is 4.74 Å². The third-order valence-corrected chi connectivity index (χ3v) is 8.92. The highest BCUT2D eigenvalue weighted by atomic mass is 16.5. The summed E-state index contributed by atoms with van der Waals surface area (Å²) in [4.78, 5) is 13.1. The molecule has 27 heavy (non-hydrogen) atoms. The second-order valence-corrected chi connectivity index (χ2v) is 9.16. The van der Waals surface area contributed by atoms with E-state index in [2.05, 4.69) is 42.6 Å². The van der Waals surface area contributed by atoms with Gasteiger partial charge in [0, 0.05) is 30.6 Å². The Kier molecular flexibility index (Phi) is 2.64. The largest absolute Gasteiger partial charge is 0.544 e. The zero-order valence-corrected chi connectivity index (χ0v) is 16.0. The Bertz CT molecular complexity index is 915. The normalized spacial score (nSPS) is 49.8. The first-order chi connectivity index (χ1) is 13.0. The summed E-state index contributed by atoms with van der Waals surface area (Å²) in [5.74, 6) is -0.943. The summed E-state index contributed by atoms with van der Waals surface area (Å²) in [6, 6.07) is 8.59. The van der Waals surface area contributed by atoms with Gasteiger partial charge in [0.2, 0.25) is 5.72 Å². The minimum atomic E-state index is -1.07. The summed E-state index contributed by atoms with van der Waals surface area (Å²) in [5, 5.41) is 16.7. The van der Waals surface area contributed by atoms with E-state index in [-0.39, 0.29) is 16.9 Å². The zero-order chi connectivity index (χ0) is 18.7. The number of rotatable bonds is 4. The molecule has 5 heterocycles. The van der Waals surface area contributed by atoms with Crippen molar-refractivity contribution >= 4 is 11.7 Å². The molecule has 1 aromatic carbocycles. The van der Waals surface area contributed by atoms with Gasteiger partial charge in [0.25, 0.3) is 0 Å². The first kappa shape index (κ1) is 16.1. The number of fused-ring (bicyclic) bond motifs is 2. The van der Waals surface area contributed by atoms with Gasteiger partial charge in [0.05, 0.1) is 13.1 Å². The van der Waals surface area contributed by atoms with Crippen LogP contribution in [0.5, 0.6) is 0 Å². The van der Waals surface area contributed by atoms with Crippen LogP contribution in [0.2, 0.25) is 0 Å². The first-order valence-corrected chi connectivity index (χ1v) is 10.3. The molecule has 5 aliphatic rings. The number of ether oxygens (including phenoxy) is 1. The molecule has 1 spiro atoms. The summed E-state index contributed by atoms with van der Waals surface area (Å²) in [7, 11) is 0. The molecule has 0 aliphatic carbocycles. The smallest absolute Gasteiger partial charge is 0.216 e. The van der Waals surface area contributed by atoms with Gasteiger partial charge in [-0.15, -0.1) is 0 Å². The summed E-state index contributed by atoms with van der Waals surface area (Å²) in [6.45, 7) is 6.32. The van der Waals surface area contributed by atoms with E-state index in [1.165, 1.54) is 5.56 Å². The molecule has 1 N–H and O–H groups in total. The molecule has 3 fully saturated rings. The van der Waals surface area contributed by atoms with Gasteiger partial charge in [0.15, 0.2) is 5.54 Å². The lowest BCUT2D eigenvalue weighted by atomic mass is 9.51. The number of aliphatic carboxylic acids is 1. The van der Waals surface area contributed by atoms with Crippen molar-refractivity contribution < 1.29 is 19.1 Å². The quantitative estimate of drug-likeness (QED) is 0.649. The average molecular weight is 366 g/mol. The van der Waals surface area contributed by atoms with Crippen molar-refractivity contribution in [3.8, 4) is 0 Å². The average Bonchev–Trinajstić information content (AvgIpc) is 3.26. The predicted molar refractivity (Wildman–Crippen MR) is 98.7 cm³/mol. The molecule has 0 saturated carbocycles. The van der Waals surface area contributed by atoms with Crippen LogP contribution in [0.1, 0.15) is 38.7 Å². The number of anilines is 1. The van der Waals surface area contributed by atoms with Gasteiger partial charge in [-0.25, -0.2) is 0 Å². The Labute approximate surface area is 159 Å². The van der Waals surface area contributed by atoms with E-state index in [1.807, 2.05) is 13.0 Å². The number of carboxylic acids is 1. The lowest BCUT2D eigenvalue weighted by molar-refractivity contribution is -0.960. The van der Waals surface area contributed by atoms with E-state index in [9.17, 15) is 9.90 Å². The highest BCUT2D eigenvalue weighted by Gasteiger charge is 2.97. The zero-order valence-electron chi connectivity index (χ0n) is 16.0. The molecule has 3 saturated heterocycles. The van der Waals surface area contributed by atoms with Crippen molar-refractivity contribution in [2.75, 3.05) is 25.0 Å². The Morgan fingerprint density at radius 3 is 2.93 bits per heavy atom. The van der Waals surface area contributed by atoms with Gasteiger partial charge in [-0.2, -0.15) is 0 Å². The number of hydrogen-bond acceptors (Lipinski definition) is 4. The Hall–Kier alpha value is -1.85. The van der Waals surface area contributed by atoms with Crippen LogP contribution in [0.25, 0.3) is 0 Å². The topological polar surface area (TPSA) is 61.4 Å². The van der Waals surface area contributed by atoms with E-state index >= 15 is 0 Å². The van der Waals surface area contributed by atoms with Crippen LogP contribution in [-0.4, -0.2) is 47.5 Å². The molecule has 142 valence electrons. The maximum absolute atomic E-state index is 13.1. The second-order valence-electron chi connectivity index (χ2n) is 9.16. The monoisotopic (exact) mass is 366 g/mol. The minimum Gasteiger partial charge on any atom is -0.544 e. The molecular formula is C22H26N2O3. The minimum absolute atomic E-state index is 0.103. The molecule has 0 aromatic heterocycles. The lowest BCUT2D eigenvalue weighted by Gasteiger charge is -2.56. The van der Waals surface area contributed by atoms with Crippen molar-refractivity contribution in [1.82, 2.24) is 0 Å². The Balaban J connectivity index is 1.76. The summed E-state index contributed by atoms with van der Waals surface area (Å²) < 4.78 is 7.14. The van der Waals surface area contributed by atoms with Crippen LogP contribution in [0.3, 0.4) is 0 Å². The van der Waals surface area contributed by atoms with Gasteiger partial charge < -0.3 is 24.4 Å². The predicted octanol–water partition coefficient (Wildman–Crippen LogP) is 1.54. The molecule has 5 bridgehead atoms. The maximum Gasteiger partial charge on any atom is 0.216 e. The van der Waals surface area contributed by atoms with Crippen molar-refractivity contribution in [2.45, 2.75) is 55.8 Å². The van der Waals surface area contributed by atoms with Gasteiger partial charge in [-0.3, -0.25) is 0 Å².